The number of hydrogen-bond acceptors (Lipinski definition) is 1. The molecule has 0 spiro atoms. The first-order valence-corrected chi connectivity index (χ1v) is 5.72. The van der Waals surface area contributed by atoms with E-state index in [1.165, 1.54) is 4.90 Å². The molecule has 0 aliphatic carbocycles. The number of likely N-dealkylation sites (N-methyl/N-ethyl adjacent to an activating group) is 1. The molecule has 0 heterocycles. The molecule has 0 aliphatic rings. The Morgan fingerprint density at radius 1 is 1.00 bits per heavy atom. The van der Waals surface area contributed by atoms with Crippen LogP contribution in [0.5, 0.6) is 0 Å². The van der Waals surface area contributed by atoms with Crippen molar-refractivity contribution in [3.8, 4) is 0 Å². The third kappa shape index (κ3) is 2.56. The van der Waals surface area contributed by atoms with Gasteiger partial charge in [-0.1, -0.05) is 48.5 Å². The third-order valence-corrected chi connectivity index (χ3v) is 2.78. The zero-order valence-corrected chi connectivity index (χ0v) is 10.1. The van der Waals surface area contributed by atoms with Gasteiger partial charge in [-0.25, -0.2) is 4.39 Å². The average molecular weight is 243 g/mol. The monoisotopic (exact) mass is 243 g/mol. The molecule has 1 unspecified atom stereocenters. The summed E-state index contributed by atoms with van der Waals surface area (Å²) in [7, 11) is 1.58. The van der Waals surface area contributed by atoms with E-state index < -0.39 is 12.1 Å². The highest BCUT2D eigenvalue weighted by atomic mass is 19.1. The Balaban J connectivity index is 2.17. The van der Waals surface area contributed by atoms with Gasteiger partial charge in [-0.3, -0.25) is 4.79 Å². The van der Waals surface area contributed by atoms with Crippen molar-refractivity contribution < 1.29 is 9.18 Å². The van der Waals surface area contributed by atoms with Crippen LogP contribution in [-0.4, -0.2) is 13.0 Å². The lowest BCUT2D eigenvalue weighted by molar-refractivity contribution is -0.123. The standard InChI is InChI=1S/C15H14FNO/c1-17(13-10-6-3-7-11-13)15(18)14(16)12-8-4-2-5-9-12/h2-11,14H,1H3. The van der Waals surface area contributed by atoms with E-state index >= 15 is 0 Å². The van der Waals surface area contributed by atoms with Gasteiger partial charge in [-0.2, -0.15) is 0 Å². The van der Waals surface area contributed by atoms with E-state index in [-0.39, 0.29) is 0 Å². The van der Waals surface area contributed by atoms with Crippen LogP contribution in [0, 0.1) is 0 Å². The van der Waals surface area contributed by atoms with Crippen molar-refractivity contribution in [1.82, 2.24) is 0 Å². The highest BCUT2D eigenvalue weighted by Gasteiger charge is 2.23. The second kappa shape index (κ2) is 5.45. The van der Waals surface area contributed by atoms with E-state index in [0.29, 0.717) is 11.3 Å². The predicted octanol–water partition coefficient (Wildman–Crippen LogP) is 3.36. The van der Waals surface area contributed by atoms with Crippen LogP contribution >= 0.6 is 0 Å². The molecule has 0 saturated carbocycles. The van der Waals surface area contributed by atoms with Gasteiger partial charge >= 0.3 is 0 Å². The number of nitrogens with zero attached hydrogens (tertiary/aromatic N) is 1. The maximum atomic E-state index is 14.1. The Morgan fingerprint density at radius 2 is 1.50 bits per heavy atom. The molecule has 1 amide bonds. The average Bonchev–Trinajstić information content (AvgIpc) is 2.47. The molecule has 0 saturated heterocycles. The minimum Gasteiger partial charge on any atom is -0.313 e. The van der Waals surface area contributed by atoms with Gasteiger partial charge in [0.2, 0.25) is 6.17 Å². The molecule has 0 radical (unpaired) electrons. The summed E-state index contributed by atoms with van der Waals surface area (Å²) in [6.07, 6.45) is -1.63. The summed E-state index contributed by atoms with van der Waals surface area (Å²) in [6, 6.07) is 17.5. The zero-order valence-electron chi connectivity index (χ0n) is 10.1. The third-order valence-electron chi connectivity index (χ3n) is 2.78. The van der Waals surface area contributed by atoms with Crippen molar-refractivity contribution in [3.05, 3.63) is 66.2 Å². The number of carbonyl (C=O) groups is 1. The number of anilines is 1. The van der Waals surface area contributed by atoms with Crippen LogP contribution < -0.4 is 4.90 Å². The lowest BCUT2D eigenvalue weighted by atomic mass is 10.1. The minimum atomic E-state index is -1.63. The maximum absolute atomic E-state index is 14.1. The molecule has 2 aromatic rings. The van der Waals surface area contributed by atoms with E-state index in [0.717, 1.165) is 0 Å². The van der Waals surface area contributed by atoms with Crippen molar-refractivity contribution in [1.29, 1.82) is 0 Å². The number of amides is 1. The largest absolute Gasteiger partial charge is 0.313 e. The van der Waals surface area contributed by atoms with E-state index in [2.05, 4.69) is 0 Å². The van der Waals surface area contributed by atoms with Crippen molar-refractivity contribution in [2.24, 2.45) is 0 Å². The van der Waals surface area contributed by atoms with Crippen LogP contribution in [0.15, 0.2) is 60.7 Å². The molecule has 2 nitrogen and oxygen atoms in total. The highest BCUT2D eigenvalue weighted by Crippen LogP contribution is 2.22. The van der Waals surface area contributed by atoms with Crippen LogP contribution in [-0.2, 0) is 4.79 Å². The fourth-order valence-corrected chi connectivity index (χ4v) is 1.71. The number of alkyl halides is 1. The summed E-state index contributed by atoms with van der Waals surface area (Å²) >= 11 is 0. The van der Waals surface area contributed by atoms with E-state index in [9.17, 15) is 9.18 Å². The van der Waals surface area contributed by atoms with Crippen molar-refractivity contribution >= 4 is 11.6 Å². The van der Waals surface area contributed by atoms with Crippen LogP contribution in [0.4, 0.5) is 10.1 Å². The van der Waals surface area contributed by atoms with Crippen molar-refractivity contribution in [2.75, 3.05) is 11.9 Å². The molecular weight excluding hydrogens is 229 g/mol. The first kappa shape index (κ1) is 12.3. The van der Waals surface area contributed by atoms with Crippen molar-refractivity contribution in [2.45, 2.75) is 6.17 Å². The molecule has 3 heteroatoms. The maximum Gasteiger partial charge on any atom is 0.265 e. The Morgan fingerprint density at radius 3 is 2.06 bits per heavy atom. The van der Waals surface area contributed by atoms with E-state index in [1.54, 1.807) is 49.5 Å². The van der Waals surface area contributed by atoms with Crippen LogP contribution in [0.1, 0.15) is 11.7 Å². The van der Waals surface area contributed by atoms with Gasteiger partial charge in [0.1, 0.15) is 0 Å². The summed E-state index contributed by atoms with van der Waals surface area (Å²) in [4.78, 5) is 13.3. The molecule has 92 valence electrons. The predicted molar refractivity (Wildman–Crippen MR) is 70.1 cm³/mol. The van der Waals surface area contributed by atoms with E-state index in [4.69, 9.17) is 0 Å². The smallest absolute Gasteiger partial charge is 0.265 e. The SMILES string of the molecule is CN(C(=O)C(F)c1ccccc1)c1ccccc1. The van der Waals surface area contributed by atoms with Gasteiger partial charge in [-0.05, 0) is 17.7 Å². The summed E-state index contributed by atoms with van der Waals surface area (Å²) in [5.74, 6) is -0.563. The van der Waals surface area contributed by atoms with Crippen molar-refractivity contribution in [3.63, 3.8) is 0 Å². The molecule has 1 atom stereocenters. The second-order valence-corrected chi connectivity index (χ2v) is 4.01. The van der Waals surface area contributed by atoms with Gasteiger partial charge in [-0.15, -0.1) is 0 Å². The zero-order chi connectivity index (χ0) is 13.0. The Kier molecular flexibility index (Phi) is 3.72. The topological polar surface area (TPSA) is 20.3 Å². The molecule has 2 aromatic carbocycles. The van der Waals surface area contributed by atoms with Gasteiger partial charge in [0.05, 0.1) is 0 Å². The minimum absolute atomic E-state index is 0.380. The molecule has 0 N–H and O–H groups in total. The van der Waals surface area contributed by atoms with Gasteiger partial charge in [0.25, 0.3) is 5.91 Å². The van der Waals surface area contributed by atoms with Crippen LogP contribution in [0.3, 0.4) is 0 Å². The van der Waals surface area contributed by atoms with Gasteiger partial charge in [0.15, 0.2) is 0 Å². The number of rotatable bonds is 3. The number of hydrogen-bond donors (Lipinski definition) is 0. The van der Waals surface area contributed by atoms with Crippen LogP contribution in [0.25, 0.3) is 0 Å². The molecular formula is C15H14FNO. The number of carbonyl (C=O) groups excluding carboxylic acids is 1. The molecule has 0 aromatic heterocycles. The molecule has 18 heavy (non-hydrogen) atoms. The summed E-state index contributed by atoms with van der Waals surface area (Å²) in [5.41, 5.74) is 1.06. The molecule has 0 bridgehead atoms. The lowest BCUT2D eigenvalue weighted by Crippen LogP contribution is -2.29. The quantitative estimate of drug-likeness (QED) is 0.809. The van der Waals surface area contributed by atoms with Gasteiger partial charge in [0, 0.05) is 12.7 Å². The first-order valence-electron chi connectivity index (χ1n) is 5.72. The number of halogens is 1. The number of benzene rings is 2. The molecule has 2 rings (SSSR count). The Hall–Kier alpha value is -2.16. The summed E-state index contributed by atoms with van der Waals surface area (Å²) < 4.78 is 14.1. The molecule has 0 fully saturated rings. The van der Waals surface area contributed by atoms with E-state index in [1.807, 2.05) is 18.2 Å². The fourth-order valence-electron chi connectivity index (χ4n) is 1.71. The second-order valence-electron chi connectivity index (χ2n) is 4.01. The van der Waals surface area contributed by atoms with Gasteiger partial charge < -0.3 is 4.90 Å². The highest BCUT2D eigenvalue weighted by molar-refractivity contribution is 5.96. The first-order chi connectivity index (χ1) is 8.70. The Labute approximate surface area is 106 Å². The summed E-state index contributed by atoms with van der Waals surface area (Å²) in [5, 5.41) is 0. The summed E-state index contributed by atoms with van der Waals surface area (Å²) in [6.45, 7) is 0. The fraction of sp³-hybridized carbons (Fsp3) is 0.133. The lowest BCUT2D eigenvalue weighted by Gasteiger charge is -2.19. The Bertz CT molecular complexity index is 465. The number of para-hydroxylation sites is 1. The molecule has 0 aliphatic heterocycles. The normalized spacial score (nSPS) is 11.9. The van der Waals surface area contributed by atoms with Crippen LogP contribution in [0.2, 0.25) is 0 Å².